The molecule has 3 rings (SSSR count). The molecule has 2 N–H and O–H groups in total. The first kappa shape index (κ1) is 30.1. The van der Waals surface area contributed by atoms with Gasteiger partial charge in [0.1, 0.15) is 5.60 Å². The largest absolute Gasteiger partial charge is 0.444 e. The summed E-state index contributed by atoms with van der Waals surface area (Å²) in [7, 11) is 1.65. The van der Waals surface area contributed by atoms with E-state index in [1.807, 2.05) is 74.2 Å². The first-order valence-corrected chi connectivity index (χ1v) is 13.3. The van der Waals surface area contributed by atoms with Gasteiger partial charge in [0.2, 0.25) is 5.91 Å². The summed E-state index contributed by atoms with van der Waals surface area (Å²) >= 11 is 0. The molecular weight excluding hydrogens is 509 g/mol. The maximum absolute atomic E-state index is 12.9. The molecule has 2 aromatic carbocycles. The summed E-state index contributed by atoms with van der Waals surface area (Å²) in [6.45, 7) is 7.07. The smallest absolute Gasteiger partial charge is 0.410 e. The number of nitrogens with one attached hydrogen (secondary N) is 2. The minimum atomic E-state index is -4.11. The second-order valence-corrected chi connectivity index (χ2v) is 11.0. The summed E-state index contributed by atoms with van der Waals surface area (Å²) in [5.41, 5.74) is 3.08. The number of piperidine rings is 1. The molecule has 7 nitrogen and oxygen atoms in total. The van der Waals surface area contributed by atoms with Crippen molar-refractivity contribution >= 4 is 29.1 Å². The highest BCUT2D eigenvalue weighted by Crippen LogP contribution is 2.35. The van der Waals surface area contributed by atoms with E-state index in [1.54, 1.807) is 7.05 Å². The Hall–Kier alpha value is -3.43. The third-order valence-electron chi connectivity index (χ3n) is 6.53. The molecule has 0 unspecified atom stereocenters. The number of nitrogens with zero attached hydrogens (tertiary/aromatic N) is 2. The van der Waals surface area contributed by atoms with Gasteiger partial charge in [-0.05, 0) is 82.0 Å². The first-order valence-electron chi connectivity index (χ1n) is 13.3. The topological polar surface area (TPSA) is 73.9 Å². The lowest BCUT2D eigenvalue weighted by molar-refractivity contribution is -0.179. The van der Waals surface area contributed by atoms with Gasteiger partial charge in [-0.3, -0.25) is 4.79 Å². The molecule has 0 aliphatic carbocycles. The summed E-state index contributed by atoms with van der Waals surface area (Å²) < 4.78 is 44.0. The Morgan fingerprint density at radius 3 is 2.08 bits per heavy atom. The fourth-order valence-corrected chi connectivity index (χ4v) is 4.29. The SMILES string of the molecule is CN(CCCC(=O)NCc1ccc(Nc2ccc(N3CCC(C(F)(F)F)CC3)cc2)cc1)C(=O)OC(C)(C)C. The van der Waals surface area contributed by atoms with E-state index in [4.69, 9.17) is 4.74 Å². The second kappa shape index (κ2) is 13.1. The van der Waals surface area contributed by atoms with Crippen LogP contribution < -0.4 is 15.5 Å². The highest BCUT2D eigenvalue weighted by Gasteiger charge is 2.41. The molecule has 214 valence electrons. The summed E-state index contributed by atoms with van der Waals surface area (Å²) in [5.74, 6) is -1.29. The molecule has 1 saturated heterocycles. The zero-order valence-electron chi connectivity index (χ0n) is 23.1. The maximum atomic E-state index is 12.9. The number of carbonyl (C=O) groups excluding carboxylic acids is 2. The summed E-state index contributed by atoms with van der Waals surface area (Å²) in [5, 5.41) is 6.21. The van der Waals surface area contributed by atoms with Crippen LogP contribution in [0.25, 0.3) is 0 Å². The van der Waals surface area contributed by atoms with Crippen LogP contribution in [-0.4, -0.2) is 55.4 Å². The predicted molar refractivity (Wildman–Crippen MR) is 147 cm³/mol. The highest BCUT2D eigenvalue weighted by atomic mass is 19.4. The van der Waals surface area contributed by atoms with Crippen LogP contribution in [0, 0.1) is 5.92 Å². The van der Waals surface area contributed by atoms with Crippen molar-refractivity contribution < 1.29 is 27.5 Å². The van der Waals surface area contributed by atoms with Crippen LogP contribution in [0.5, 0.6) is 0 Å². The van der Waals surface area contributed by atoms with Gasteiger partial charge in [-0.1, -0.05) is 12.1 Å². The molecule has 0 atom stereocenters. The molecule has 2 aromatic rings. The van der Waals surface area contributed by atoms with Crippen LogP contribution in [0.15, 0.2) is 48.5 Å². The van der Waals surface area contributed by atoms with Crippen LogP contribution in [0.4, 0.5) is 35.0 Å². The number of carbonyl (C=O) groups is 2. The second-order valence-electron chi connectivity index (χ2n) is 11.0. The van der Waals surface area contributed by atoms with Crippen molar-refractivity contribution in [2.45, 2.75) is 64.8 Å². The van der Waals surface area contributed by atoms with E-state index in [1.165, 1.54) is 4.90 Å². The zero-order valence-corrected chi connectivity index (χ0v) is 23.1. The van der Waals surface area contributed by atoms with Gasteiger partial charge in [0.15, 0.2) is 0 Å². The average molecular weight is 549 g/mol. The molecule has 39 heavy (non-hydrogen) atoms. The molecule has 0 saturated carbocycles. The molecule has 0 aromatic heterocycles. The Bertz CT molecular complexity index is 1070. The van der Waals surface area contributed by atoms with Gasteiger partial charge >= 0.3 is 12.3 Å². The maximum Gasteiger partial charge on any atom is 0.410 e. The summed E-state index contributed by atoms with van der Waals surface area (Å²) in [6.07, 6.45) is -3.41. The number of amides is 2. The average Bonchev–Trinajstić information content (AvgIpc) is 2.87. The fourth-order valence-electron chi connectivity index (χ4n) is 4.29. The molecule has 2 amide bonds. The third kappa shape index (κ3) is 10.00. The molecule has 1 heterocycles. The molecule has 1 aliphatic heterocycles. The number of halogens is 3. The Balaban J connectivity index is 1.38. The number of hydrogen-bond donors (Lipinski definition) is 2. The van der Waals surface area contributed by atoms with Crippen LogP contribution in [0.1, 0.15) is 52.0 Å². The van der Waals surface area contributed by atoms with Gasteiger partial charge in [-0.2, -0.15) is 13.2 Å². The van der Waals surface area contributed by atoms with Gasteiger partial charge in [0.05, 0.1) is 5.92 Å². The van der Waals surface area contributed by atoms with Crippen LogP contribution in [0.2, 0.25) is 0 Å². The van der Waals surface area contributed by atoms with Crippen molar-refractivity contribution in [1.29, 1.82) is 0 Å². The molecule has 0 radical (unpaired) electrons. The van der Waals surface area contributed by atoms with E-state index in [-0.39, 0.29) is 18.7 Å². The number of rotatable bonds is 9. The van der Waals surface area contributed by atoms with Crippen molar-refractivity contribution in [3.8, 4) is 0 Å². The van der Waals surface area contributed by atoms with E-state index in [9.17, 15) is 22.8 Å². The number of alkyl halides is 3. The van der Waals surface area contributed by atoms with Gasteiger partial charge < -0.3 is 25.2 Å². The van der Waals surface area contributed by atoms with Gasteiger partial charge in [-0.15, -0.1) is 0 Å². The lowest BCUT2D eigenvalue weighted by Crippen LogP contribution is -2.38. The van der Waals surface area contributed by atoms with Crippen LogP contribution in [-0.2, 0) is 16.1 Å². The van der Waals surface area contributed by atoms with Crippen LogP contribution in [0.3, 0.4) is 0 Å². The Morgan fingerprint density at radius 2 is 1.54 bits per heavy atom. The van der Waals surface area contributed by atoms with Gasteiger partial charge in [-0.25, -0.2) is 4.79 Å². The Morgan fingerprint density at radius 1 is 0.974 bits per heavy atom. The van der Waals surface area contributed by atoms with Crippen LogP contribution >= 0.6 is 0 Å². The quantitative estimate of drug-likeness (QED) is 0.376. The van der Waals surface area contributed by atoms with E-state index in [0.717, 1.165) is 22.6 Å². The first-order chi connectivity index (χ1) is 18.3. The van der Waals surface area contributed by atoms with Crippen molar-refractivity contribution in [2.24, 2.45) is 5.92 Å². The van der Waals surface area contributed by atoms with E-state index in [0.29, 0.717) is 39.0 Å². The van der Waals surface area contributed by atoms with E-state index >= 15 is 0 Å². The molecule has 0 spiro atoms. The molecule has 0 bridgehead atoms. The van der Waals surface area contributed by atoms with E-state index < -0.39 is 23.8 Å². The molecule has 1 fully saturated rings. The number of benzene rings is 2. The van der Waals surface area contributed by atoms with Gasteiger partial charge in [0.25, 0.3) is 0 Å². The Labute approximate surface area is 228 Å². The predicted octanol–water partition coefficient (Wildman–Crippen LogP) is 6.47. The van der Waals surface area contributed by atoms with Crippen molar-refractivity contribution in [3.05, 3.63) is 54.1 Å². The zero-order chi connectivity index (χ0) is 28.6. The van der Waals surface area contributed by atoms with Crippen molar-refractivity contribution in [2.75, 3.05) is 36.9 Å². The normalized spacial score (nSPS) is 14.6. The van der Waals surface area contributed by atoms with E-state index in [2.05, 4.69) is 10.6 Å². The summed E-state index contributed by atoms with van der Waals surface area (Å²) in [6, 6.07) is 15.4. The molecule has 1 aliphatic rings. The standard InChI is InChI=1S/C29H39F3N4O3/c1-28(2,3)39-27(38)35(4)17-5-6-26(37)33-20-21-7-9-23(10-8-21)34-24-11-13-25(14-12-24)36-18-15-22(16-19-36)29(30,31)32/h7-14,22,34H,5-6,15-20H2,1-4H3,(H,33,37). The number of ether oxygens (including phenoxy) is 1. The fraction of sp³-hybridized carbons (Fsp3) is 0.517. The minimum absolute atomic E-state index is 0.0856. The third-order valence-corrected chi connectivity index (χ3v) is 6.53. The minimum Gasteiger partial charge on any atom is -0.444 e. The highest BCUT2D eigenvalue weighted by molar-refractivity contribution is 5.76. The number of hydrogen-bond acceptors (Lipinski definition) is 5. The van der Waals surface area contributed by atoms with Gasteiger partial charge in [0, 0.05) is 56.7 Å². The lowest BCUT2D eigenvalue weighted by Gasteiger charge is -2.34. The Kier molecular flexibility index (Phi) is 10.1. The molecule has 10 heteroatoms. The van der Waals surface area contributed by atoms with Crippen molar-refractivity contribution in [1.82, 2.24) is 10.2 Å². The summed E-state index contributed by atoms with van der Waals surface area (Å²) in [4.78, 5) is 27.6. The number of anilines is 3. The van der Waals surface area contributed by atoms with Crippen molar-refractivity contribution in [3.63, 3.8) is 0 Å². The monoisotopic (exact) mass is 548 g/mol. The lowest BCUT2D eigenvalue weighted by atomic mass is 9.96. The molecular formula is C29H39F3N4O3.